The molecule has 1 amide bonds. The molecule has 5 nitrogen and oxygen atoms in total. The third-order valence-corrected chi connectivity index (χ3v) is 3.45. The van der Waals surface area contributed by atoms with E-state index in [0.717, 1.165) is 16.0 Å². The van der Waals surface area contributed by atoms with E-state index in [1.165, 1.54) is 23.1 Å². The number of amides is 1. The first-order chi connectivity index (χ1) is 7.26. The summed E-state index contributed by atoms with van der Waals surface area (Å²) in [6.45, 7) is 5.40. The highest BCUT2D eigenvalue weighted by Crippen LogP contribution is 2.24. The van der Waals surface area contributed by atoms with Crippen molar-refractivity contribution in [2.45, 2.75) is 18.2 Å². The topological polar surface area (TPSA) is 66.9 Å². The van der Waals surface area contributed by atoms with Gasteiger partial charge in [-0.05, 0) is 13.8 Å². The van der Waals surface area contributed by atoms with Crippen molar-refractivity contribution in [3.05, 3.63) is 0 Å². The van der Waals surface area contributed by atoms with Crippen LogP contribution in [0.5, 0.6) is 0 Å². The molecule has 7 heteroatoms. The molecule has 15 heavy (non-hydrogen) atoms. The molecule has 1 aromatic heterocycles. The number of thioether (sulfide) groups is 1. The molecular weight excluding hydrogens is 232 g/mol. The molecule has 0 aromatic carbocycles. The standard InChI is InChI=1S/C8H14N4OS2/c1-3-9-6(13)5-14-8-12-11-7(15-8)10-4-2/h3-5H2,1-2H3,(H,9,13)(H,10,11). The van der Waals surface area contributed by atoms with Gasteiger partial charge in [-0.25, -0.2) is 0 Å². The lowest BCUT2D eigenvalue weighted by Gasteiger charge is -1.98. The maximum absolute atomic E-state index is 11.2. The Morgan fingerprint density at radius 1 is 1.40 bits per heavy atom. The molecule has 1 rings (SSSR count). The van der Waals surface area contributed by atoms with Crippen molar-refractivity contribution in [2.24, 2.45) is 0 Å². The van der Waals surface area contributed by atoms with E-state index in [2.05, 4.69) is 20.8 Å². The highest BCUT2D eigenvalue weighted by Gasteiger charge is 2.06. The highest BCUT2D eigenvalue weighted by atomic mass is 32.2. The Balaban J connectivity index is 2.34. The molecule has 0 fully saturated rings. The first kappa shape index (κ1) is 12.3. The van der Waals surface area contributed by atoms with Crippen molar-refractivity contribution in [1.29, 1.82) is 0 Å². The van der Waals surface area contributed by atoms with Gasteiger partial charge in [-0.3, -0.25) is 4.79 Å². The number of hydrogen-bond acceptors (Lipinski definition) is 6. The van der Waals surface area contributed by atoms with Gasteiger partial charge in [-0.2, -0.15) is 0 Å². The summed E-state index contributed by atoms with van der Waals surface area (Å²) in [5.41, 5.74) is 0. The summed E-state index contributed by atoms with van der Waals surface area (Å²) in [7, 11) is 0. The molecule has 0 aliphatic carbocycles. The fourth-order valence-corrected chi connectivity index (χ4v) is 2.52. The van der Waals surface area contributed by atoms with Gasteiger partial charge < -0.3 is 10.6 Å². The van der Waals surface area contributed by atoms with Crippen LogP contribution in [-0.4, -0.2) is 34.9 Å². The number of nitrogens with zero attached hydrogens (tertiary/aromatic N) is 2. The zero-order chi connectivity index (χ0) is 11.1. The minimum absolute atomic E-state index is 0.0303. The van der Waals surface area contributed by atoms with Gasteiger partial charge >= 0.3 is 0 Å². The van der Waals surface area contributed by atoms with Crippen LogP contribution in [-0.2, 0) is 4.79 Å². The minimum atomic E-state index is 0.0303. The average molecular weight is 246 g/mol. The molecule has 84 valence electrons. The van der Waals surface area contributed by atoms with Crippen molar-refractivity contribution in [3.8, 4) is 0 Å². The van der Waals surface area contributed by atoms with E-state index in [9.17, 15) is 4.79 Å². The molecule has 0 aliphatic heterocycles. The number of carbonyl (C=O) groups excluding carboxylic acids is 1. The number of aromatic nitrogens is 2. The number of carbonyl (C=O) groups is 1. The number of nitrogens with one attached hydrogen (secondary N) is 2. The lowest BCUT2D eigenvalue weighted by molar-refractivity contribution is -0.118. The van der Waals surface area contributed by atoms with E-state index in [1.54, 1.807) is 0 Å². The second-order valence-electron chi connectivity index (χ2n) is 2.65. The van der Waals surface area contributed by atoms with Crippen molar-refractivity contribution in [1.82, 2.24) is 15.5 Å². The normalized spacial score (nSPS) is 10.0. The van der Waals surface area contributed by atoms with Gasteiger partial charge in [0, 0.05) is 13.1 Å². The van der Waals surface area contributed by atoms with Crippen LogP contribution in [0.1, 0.15) is 13.8 Å². The maximum Gasteiger partial charge on any atom is 0.230 e. The van der Waals surface area contributed by atoms with Crippen molar-refractivity contribution < 1.29 is 4.79 Å². The maximum atomic E-state index is 11.2. The predicted octanol–water partition coefficient (Wildman–Crippen LogP) is 1.20. The zero-order valence-corrected chi connectivity index (χ0v) is 10.4. The Morgan fingerprint density at radius 3 is 2.87 bits per heavy atom. The fraction of sp³-hybridized carbons (Fsp3) is 0.625. The Labute approximate surface area is 97.1 Å². The van der Waals surface area contributed by atoms with Crippen LogP contribution in [0.25, 0.3) is 0 Å². The van der Waals surface area contributed by atoms with Crippen molar-refractivity contribution in [2.75, 3.05) is 24.2 Å². The Hall–Kier alpha value is -0.820. The first-order valence-electron chi connectivity index (χ1n) is 4.73. The summed E-state index contributed by atoms with van der Waals surface area (Å²) < 4.78 is 0.817. The van der Waals surface area contributed by atoms with Crippen LogP contribution in [0.4, 0.5) is 5.13 Å². The van der Waals surface area contributed by atoms with E-state index in [0.29, 0.717) is 12.3 Å². The van der Waals surface area contributed by atoms with E-state index in [1.807, 2.05) is 13.8 Å². The SMILES string of the molecule is CCNC(=O)CSc1nnc(NCC)s1. The minimum Gasteiger partial charge on any atom is -0.360 e. The van der Waals surface area contributed by atoms with Crippen LogP contribution < -0.4 is 10.6 Å². The van der Waals surface area contributed by atoms with Gasteiger partial charge in [0.15, 0.2) is 4.34 Å². The van der Waals surface area contributed by atoms with Gasteiger partial charge in [0.2, 0.25) is 11.0 Å². The van der Waals surface area contributed by atoms with E-state index in [4.69, 9.17) is 0 Å². The fourth-order valence-electron chi connectivity index (χ4n) is 0.866. The van der Waals surface area contributed by atoms with E-state index >= 15 is 0 Å². The van der Waals surface area contributed by atoms with Gasteiger partial charge in [-0.1, -0.05) is 23.1 Å². The summed E-state index contributed by atoms with van der Waals surface area (Å²) in [4.78, 5) is 11.2. The smallest absolute Gasteiger partial charge is 0.230 e. The van der Waals surface area contributed by atoms with Crippen LogP contribution in [0.3, 0.4) is 0 Å². The molecule has 0 saturated carbocycles. The number of rotatable bonds is 6. The van der Waals surface area contributed by atoms with Crippen LogP contribution in [0.15, 0.2) is 4.34 Å². The second kappa shape index (κ2) is 6.62. The lowest BCUT2D eigenvalue weighted by atomic mass is 10.6. The largest absolute Gasteiger partial charge is 0.360 e. The van der Waals surface area contributed by atoms with Gasteiger partial charge in [-0.15, -0.1) is 10.2 Å². The van der Waals surface area contributed by atoms with Crippen LogP contribution >= 0.6 is 23.1 Å². The number of anilines is 1. The quantitative estimate of drug-likeness (QED) is 0.738. The third kappa shape index (κ3) is 4.48. The first-order valence-corrected chi connectivity index (χ1v) is 6.53. The molecule has 0 spiro atoms. The van der Waals surface area contributed by atoms with Crippen LogP contribution in [0, 0.1) is 0 Å². The molecule has 0 aliphatic rings. The summed E-state index contributed by atoms with van der Waals surface area (Å²) in [6.07, 6.45) is 0. The Bertz CT molecular complexity index is 315. The van der Waals surface area contributed by atoms with E-state index < -0.39 is 0 Å². The molecule has 2 N–H and O–H groups in total. The summed E-state index contributed by atoms with van der Waals surface area (Å²) in [5.74, 6) is 0.428. The molecule has 0 atom stereocenters. The summed E-state index contributed by atoms with van der Waals surface area (Å²) in [5, 5.41) is 14.5. The highest BCUT2D eigenvalue weighted by molar-refractivity contribution is 8.01. The van der Waals surface area contributed by atoms with Crippen LogP contribution in [0.2, 0.25) is 0 Å². The van der Waals surface area contributed by atoms with Gasteiger partial charge in [0.1, 0.15) is 0 Å². The molecule has 0 unspecified atom stereocenters. The van der Waals surface area contributed by atoms with Gasteiger partial charge in [0.25, 0.3) is 0 Å². The van der Waals surface area contributed by atoms with Gasteiger partial charge in [0.05, 0.1) is 5.75 Å². The molecule has 1 aromatic rings. The van der Waals surface area contributed by atoms with E-state index in [-0.39, 0.29) is 5.91 Å². The summed E-state index contributed by atoms with van der Waals surface area (Å²) in [6, 6.07) is 0. The monoisotopic (exact) mass is 246 g/mol. The Kier molecular flexibility index (Phi) is 5.41. The van der Waals surface area contributed by atoms with Crippen molar-refractivity contribution >= 4 is 34.1 Å². The second-order valence-corrected chi connectivity index (χ2v) is 4.85. The van der Waals surface area contributed by atoms with Crippen molar-refractivity contribution in [3.63, 3.8) is 0 Å². The predicted molar refractivity (Wildman–Crippen MR) is 63.5 cm³/mol. The molecule has 0 radical (unpaired) electrons. The third-order valence-electron chi connectivity index (χ3n) is 1.44. The molecule has 1 heterocycles. The molecular formula is C8H14N4OS2. The Morgan fingerprint density at radius 2 is 2.20 bits per heavy atom. The molecule has 0 saturated heterocycles. The zero-order valence-electron chi connectivity index (χ0n) is 8.74. The average Bonchev–Trinajstić information content (AvgIpc) is 2.64. The summed E-state index contributed by atoms with van der Waals surface area (Å²) >= 11 is 2.88. The lowest BCUT2D eigenvalue weighted by Crippen LogP contribution is -2.24. The molecule has 0 bridgehead atoms. The number of hydrogen-bond donors (Lipinski definition) is 2.